The zero-order chi connectivity index (χ0) is 20.4. The first-order valence-electron chi connectivity index (χ1n) is 8.74. The summed E-state index contributed by atoms with van der Waals surface area (Å²) in [5, 5.41) is 0. The van der Waals surface area contributed by atoms with Gasteiger partial charge in [0.1, 0.15) is 11.6 Å². The number of H-pyrrole nitrogens is 1. The molecule has 4 aromatic rings. The summed E-state index contributed by atoms with van der Waals surface area (Å²) < 4.78 is 39.5. The molecule has 0 fully saturated rings. The van der Waals surface area contributed by atoms with Gasteiger partial charge in [0.15, 0.2) is 0 Å². The van der Waals surface area contributed by atoms with Gasteiger partial charge >= 0.3 is 0 Å². The fourth-order valence-electron chi connectivity index (χ4n) is 2.99. The molecule has 0 bridgehead atoms. The molecule has 0 radical (unpaired) electrons. The summed E-state index contributed by atoms with van der Waals surface area (Å²) in [5.41, 5.74) is 3.50. The van der Waals surface area contributed by atoms with E-state index < -0.39 is 15.8 Å². The minimum atomic E-state index is -3.62. The van der Waals surface area contributed by atoms with E-state index in [1.807, 2.05) is 42.5 Å². The summed E-state index contributed by atoms with van der Waals surface area (Å²) in [7, 11) is -3.62. The van der Waals surface area contributed by atoms with Crippen molar-refractivity contribution in [3.63, 3.8) is 0 Å². The number of hydrogen-bond acceptors (Lipinski definition) is 4. The molecular weight excluding hydrogens is 391 g/mol. The number of aromatic amines is 1. The maximum absolute atomic E-state index is 14.1. The van der Waals surface area contributed by atoms with Gasteiger partial charge in [0.05, 0.1) is 23.3 Å². The van der Waals surface area contributed by atoms with Crippen LogP contribution in [0.2, 0.25) is 0 Å². The zero-order valence-electron chi connectivity index (χ0n) is 15.4. The summed E-state index contributed by atoms with van der Waals surface area (Å²) in [5.74, 6) is -0.0122. The van der Waals surface area contributed by atoms with Crippen LogP contribution in [0.15, 0.2) is 73.1 Å². The lowest BCUT2D eigenvalue weighted by atomic mass is 10.1. The normalized spacial score (nSPS) is 11.4. The van der Waals surface area contributed by atoms with Crippen LogP contribution in [0.1, 0.15) is 0 Å². The molecule has 2 aromatic heterocycles. The number of hydrogen-bond donors (Lipinski definition) is 2. The Morgan fingerprint density at radius 1 is 0.931 bits per heavy atom. The van der Waals surface area contributed by atoms with E-state index in [0.717, 1.165) is 17.4 Å². The van der Waals surface area contributed by atoms with Crippen LogP contribution in [-0.2, 0) is 10.0 Å². The Bertz CT molecular complexity index is 1260. The number of nitrogens with zero attached hydrogens (tertiary/aromatic N) is 2. The predicted molar refractivity (Wildman–Crippen MR) is 111 cm³/mol. The first-order valence-corrected chi connectivity index (χ1v) is 10.6. The van der Waals surface area contributed by atoms with Gasteiger partial charge in [0.25, 0.3) is 0 Å². The van der Waals surface area contributed by atoms with Crippen molar-refractivity contribution in [2.24, 2.45) is 0 Å². The number of rotatable bonds is 5. The molecule has 29 heavy (non-hydrogen) atoms. The van der Waals surface area contributed by atoms with Gasteiger partial charge in [-0.25, -0.2) is 17.8 Å². The van der Waals surface area contributed by atoms with E-state index in [1.165, 1.54) is 12.1 Å². The Kier molecular flexibility index (Phi) is 4.85. The van der Waals surface area contributed by atoms with Crippen molar-refractivity contribution in [2.45, 2.75) is 0 Å². The molecule has 0 aliphatic carbocycles. The highest BCUT2D eigenvalue weighted by atomic mass is 32.2. The minimum Gasteiger partial charge on any atom is -0.337 e. The van der Waals surface area contributed by atoms with E-state index in [-0.39, 0.29) is 5.69 Å². The standard InChI is InChI=1S/C21H17FN4O2S/c1-29(27,28)26-18-13-16(7-8-17(18)22)20-19(14-9-11-23-12-10-14)24-21(25-20)15-5-3-2-4-6-15/h2-13,26H,1H3,(H,24,25). The van der Waals surface area contributed by atoms with Crippen LogP contribution in [0.4, 0.5) is 10.1 Å². The Labute approximate surface area is 167 Å². The van der Waals surface area contributed by atoms with Crippen molar-refractivity contribution < 1.29 is 12.8 Å². The topological polar surface area (TPSA) is 87.7 Å². The molecule has 4 rings (SSSR count). The molecule has 146 valence electrons. The van der Waals surface area contributed by atoms with Gasteiger partial charge < -0.3 is 4.98 Å². The summed E-state index contributed by atoms with van der Waals surface area (Å²) in [6, 6.07) is 17.5. The van der Waals surface area contributed by atoms with Crippen molar-refractivity contribution in [3.8, 4) is 33.9 Å². The first-order chi connectivity index (χ1) is 13.9. The Balaban J connectivity index is 1.89. The predicted octanol–water partition coefficient (Wildman–Crippen LogP) is 4.32. The molecule has 0 saturated heterocycles. The van der Waals surface area contributed by atoms with Gasteiger partial charge in [-0.15, -0.1) is 0 Å². The van der Waals surface area contributed by atoms with E-state index >= 15 is 0 Å². The first kappa shape index (κ1) is 18.8. The number of sulfonamides is 1. The van der Waals surface area contributed by atoms with Gasteiger partial charge in [-0.2, -0.15) is 0 Å². The monoisotopic (exact) mass is 408 g/mol. The second kappa shape index (κ2) is 7.48. The van der Waals surface area contributed by atoms with E-state index in [9.17, 15) is 12.8 Å². The van der Waals surface area contributed by atoms with Gasteiger partial charge in [0, 0.05) is 29.1 Å². The maximum Gasteiger partial charge on any atom is 0.229 e. The van der Waals surface area contributed by atoms with Crippen LogP contribution >= 0.6 is 0 Å². The second-order valence-corrected chi connectivity index (χ2v) is 8.23. The number of nitrogens with one attached hydrogen (secondary N) is 2. The van der Waals surface area contributed by atoms with Gasteiger partial charge in [-0.1, -0.05) is 30.3 Å². The van der Waals surface area contributed by atoms with Crippen molar-refractivity contribution in [1.29, 1.82) is 0 Å². The number of aromatic nitrogens is 3. The molecule has 2 heterocycles. The molecule has 2 aromatic carbocycles. The number of pyridine rings is 1. The van der Waals surface area contributed by atoms with Crippen LogP contribution in [0, 0.1) is 5.82 Å². The van der Waals surface area contributed by atoms with Crippen molar-refractivity contribution in [2.75, 3.05) is 11.0 Å². The molecule has 6 nitrogen and oxygen atoms in total. The Morgan fingerprint density at radius 3 is 2.34 bits per heavy atom. The van der Waals surface area contributed by atoms with Crippen molar-refractivity contribution >= 4 is 15.7 Å². The number of imidazole rings is 1. The van der Waals surface area contributed by atoms with Crippen LogP contribution in [0.3, 0.4) is 0 Å². The lowest BCUT2D eigenvalue weighted by Crippen LogP contribution is -2.10. The van der Waals surface area contributed by atoms with Gasteiger partial charge in [-0.3, -0.25) is 9.71 Å². The third kappa shape index (κ3) is 4.17. The fraction of sp³-hybridized carbons (Fsp3) is 0.0476. The van der Waals surface area contributed by atoms with Crippen LogP contribution in [0.25, 0.3) is 33.9 Å². The highest BCUT2D eigenvalue weighted by Crippen LogP contribution is 2.34. The SMILES string of the molecule is CS(=O)(=O)Nc1cc(-c2[nH]c(-c3ccccc3)nc2-c2ccncc2)ccc1F. The lowest BCUT2D eigenvalue weighted by molar-refractivity contribution is 0.604. The number of anilines is 1. The maximum atomic E-state index is 14.1. The molecular formula is C21H17FN4O2S. The van der Waals surface area contributed by atoms with Crippen molar-refractivity contribution in [3.05, 3.63) is 78.9 Å². The quantitative estimate of drug-likeness (QED) is 0.515. The average molecular weight is 408 g/mol. The average Bonchev–Trinajstić information content (AvgIpc) is 3.15. The lowest BCUT2D eigenvalue weighted by Gasteiger charge is -2.08. The summed E-state index contributed by atoms with van der Waals surface area (Å²) in [6.45, 7) is 0. The third-order valence-corrected chi connectivity index (χ3v) is 4.85. The highest BCUT2D eigenvalue weighted by Gasteiger charge is 2.17. The molecule has 2 N–H and O–H groups in total. The van der Waals surface area contributed by atoms with E-state index in [0.29, 0.717) is 22.8 Å². The molecule has 0 amide bonds. The van der Waals surface area contributed by atoms with Crippen molar-refractivity contribution in [1.82, 2.24) is 15.0 Å². The van der Waals surface area contributed by atoms with E-state index in [4.69, 9.17) is 4.98 Å². The largest absolute Gasteiger partial charge is 0.337 e. The molecule has 0 saturated carbocycles. The van der Waals surface area contributed by atoms with E-state index in [1.54, 1.807) is 18.5 Å². The fourth-order valence-corrected chi connectivity index (χ4v) is 3.55. The smallest absolute Gasteiger partial charge is 0.229 e. The molecule has 0 aliphatic rings. The highest BCUT2D eigenvalue weighted by molar-refractivity contribution is 7.92. The van der Waals surface area contributed by atoms with Crippen LogP contribution in [-0.4, -0.2) is 29.6 Å². The molecule has 8 heteroatoms. The Hall–Kier alpha value is -3.52. The van der Waals surface area contributed by atoms with E-state index in [2.05, 4.69) is 14.7 Å². The molecule has 0 spiro atoms. The van der Waals surface area contributed by atoms with Crippen LogP contribution < -0.4 is 4.72 Å². The Morgan fingerprint density at radius 2 is 1.66 bits per heavy atom. The number of halogens is 1. The second-order valence-electron chi connectivity index (χ2n) is 6.48. The minimum absolute atomic E-state index is 0.124. The number of benzene rings is 2. The van der Waals surface area contributed by atoms with Crippen LogP contribution in [0.5, 0.6) is 0 Å². The van der Waals surface area contributed by atoms with Gasteiger partial charge in [0.2, 0.25) is 10.0 Å². The zero-order valence-corrected chi connectivity index (χ0v) is 16.2. The molecule has 0 aliphatic heterocycles. The summed E-state index contributed by atoms with van der Waals surface area (Å²) in [6.07, 6.45) is 4.31. The summed E-state index contributed by atoms with van der Waals surface area (Å²) >= 11 is 0. The summed E-state index contributed by atoms with van der Waals surface area (Å²) in [4.78, 5) is 12.1. The third-order valence-electron chi connectivity index (χ3n) is 4.26. The molecule has 0 unspecified atom stereocenters. The van der Waals surface area contributed by atoms with Gasteiger partial charge in [-0.05, 0) is 30.3 Å². The molecule has 0 atom stereocenters.